The summed E-state index contributed by atoms with van der Waals surface area (Å²) in [5, 5.41) is 2.87. The number of rotatable bonds is 5. The van der Waals surface area contributed by atoms with Crippen molar-refractivity contribution in [3.05, 3.63) is 54.0 Å². The molecule has 126 valence electrons. The lowest BCUT2D eigenvalue weighted by Gasteiger charge is -2.23. The maximum atomic E-state index is 13.8. The number of amides is 1. The van der Waals surface area contributed by atoms with Crippen molar-refractivity contribution < 1.29 is 13.9 Å². The van der Waals surface area contributed by atoms with Crippen molar-refractivity contribution in [3.63, 3.8) is 0 Å². The molecule has 1 N–H and O–H groups in total. The molecular formula is C18H20FN3O2. The summed E-state index contributed by atoms with van der Waals surface area (Å²) >= 11 is 0. The summed E-state index contributed by atoms with van der Waals surface area (Å²) in [5.74, 6) is 0.175. The number of pyridine rings is 1. The van der Waals surface area contributed by atoms with Crippen molar-refractivity contribution in [1.82, 2.24) is 9.88 Å². The number of halogens is 1. The van der Waals surface area contributed by atoms with Crippen molar-refractivity contribution in [2.24, 2.45) is 0 Å². The summed E-state index contributed by atoms with van der Waals surface area (Å²) in [4.78, 5) is 18.6. The SMILES string of the molecule is COc1ccc(NC(=O)C2CCCN2Cc2ccccc2F)cn1. The van der Waals surface area contributed by atoms with Crippen molar-refractivity contribution in [2.45, 2.75) is 25.4 Å². The second-order valence-corrected chi connectivity index (χ2v) is 5.80. The summed E-state index contributed by atoms with van der Waals surface area (Å²) in [5.41, 5.74) is 1.24. The van der Waals surface area contributed by atoms with Crippen LogP contribution in [0.25, 0.3) is 0 Å². The zero-order chi connectivity index (χ0) is 16.9. The molecule has 1 saturated heterocycles. The summed E-state index contributed by atoms with van der Waals surface area (Å²) in [6, 6.07) is 9.88. The molecule has 1 fully saturated rings. The molecule has 1 atom stereocenters. The second-order valence-electron chi connectivity index (χ2n) is 5.80. The first-order chi connectivity index (χ1) is 11.7. The van der Waals surface area contributed by atoms with Crippen LogP contribution in [0.4, 0.5) is 10.1 Å². The molecule has 1 aliphatic heterocycles. The number of ether oxygens (including phenoxy) is 1. The lowest BCUT2D eigenvalue weighted by Crippen LogP contribution is -2.39. The smallest absolute Gasteiger partial charge is 0.241 e. The first-order valence-electron chi connectivity index (χ1n) is 7.96. The van der Waals surface area contributed by atoms with E-state index in [9.17, 15) is 9.18 Å². The maximum absolute atomic E-state index is 13.8. The Hall–Kier alpha value is -2.47. The third-order valence-corrected chi connectivity index (χ3v) is 4.21. The largest absolute Gasteiger partial charge is 0.481 e. The average Bonchev–Trinajstić information content (AvgIpc) is 3.06. The van der Waals surface area contributed by atoms with Crippen molar-refractivity contribution >= 4 is 11.6 Å². The number of carbonyl (C=O) groups excluding carboxylic acids is 1. The Balaban J connectivity index is 1.65. The molecule has 2 aromatic rings. The summed E-state index contributed by atoms with van der Waals surface area (Å²) in [6.45, 7) is 1.22. The van der Waals surface area contributed by atoms with E-state index in [2.05, 4.69) is 10.3 Å². The number of benzene rings is 1. The first-order valence-corrected chi connectivity index (χ1v) is 7.96. The fourth-order valence-electron chi connectivity index (χ4n) is 2.96. The third kappa shape index (κ3) is 3.71. The average molecular weight is 329 g/mol. The minimum Gasteiger partial charge on any atom is -0.481 e. The van der Waals surface area contributed by atoms with E-state index < -0.39 is 0 Å². The Kier molecular flexibility index (Phi) is 5.05. The van der Waals surface area contributed by atoms with Gasteiger partial charge in [0.1, 0.15) is 5.82 Å². The number of likely N-dealkylation sites (tertiary alicyclic amines) is 1. The minimum atomic E-state index is -0.258. The predicted octanol–water partition coefficient (Wildman–Crippen LogP) is 2.83. The predicted molar refractivity (Wildman–Crippen MR) is 89.3 cm³/mol. The fourth-order valence-corrected chi connectivity index (χ4v) is 2.96. The van der Waals surface area contributed by atoms with Crippen LogP contribution in [0, 0.1) is 5.82 Å². The molecule has 2 heterocycles. The van der Waals surface area contributed by atoms with Gasteiger partial charge in [-0.2, -0.15) is 0 Å². The zero-order valence-electron chi connectivity index (χ0n) is 13.5. The Morgan fingerprint density at radius 1 is 1.38 bits per heavy atom. The van der Waals surface area contributed by atoms with E-state index in [0.717, 1.165) is 19.4 Å². The van der Waals surface area contributed by atoms with Crippen LogP contribution < -0.4 is 10.1 Å². The van der Waals surface area contributed by atoms with E-state index in [1.54, 1.807) is 37.6 Å². The maximum Gasteiger partial charge on any atom is 0.241 e. The lowest BCUT2D eigenvalue weighted by molar-refractivity contribution is -0.120. The second kappa shape index (κ2) is 7.40. The third-order valence-electron chi connectivity index (χ3n) is 4.21. The molecule has 0 bridgehead atoms. The molecule has 1 aromatic heterocycles. The van der Waals surface area contributed by atoms with Crippen LogP contribution in [0.3, 0.4) is 0 Å². The lowest BCUT2D eigenvalue weighted by atomic mass is 10.1. The number of hydrogen-bond donors (Lipinski definition) is 1. The van der Waals surface area contributed by atoms with Crippen LogP contribution in [0.5, 0.6) is 5.88 Å². The molecule has 0 radical (unpaired) electrons. The Bertz CT molecular complexity index is 706. The van der Waals surface area contributed by atoms with Gasteiger partial charge in [-0.05, 0) is 31.5 Å². The van der Waals surface area contributed by atoms with E-state index in [4.69, 9.17) is 4.74 Å². The van der Waals surface area contributed by atoms with Crippen molar-refractivity contribution in [1.29, 1.82) is 0 Å². The first kappa shape index (κ1) is 16.4. The van der Waals surface area contributed by atoms with Crippen molar-refractivity contribution in [2.75, 3.05) is 19.0 Å². The monoisotopic (exact) mass is 329 g/mol. The van der Waals surface area contributed by atoms with Gasteiger partial charge in [-0.1, -0.05) is 18.2 Å². The van der Waals surface area contributed by atoms with Gasteiger partial charge < -0.3 is 10.1 Å². The highest BCUT2D eigenvalue weighted by Crippen LogP contribution is 2.23. The Morgan fingerprint density at radius 2 is 2.21 bits per heavy atom. The van der Waals surface area contributed by atoms with Gasteiger partial charge in [-0.25, -0.2) is 9.37 Å². The van der Waals surface area contributed by atoms with Gasteiger partial charge in [0.15, 0.2) is 0 Å². The number of nitrogens with one attached hydrogen (secondary N) is 1. The van der Waals surface area contributed by atoms with E-state index in [0.29, 0.717) is 23.7 Å². The Labute approximate surface area is 140 Å². The number of nitrogens with zero attached hydrogens (tertiary/aromatic N) is 2. The van der Waals surface area contributed by atoms with Crippen LogP contribution in [0.15, 0.2) is 42.6 Å². The van der Waals surface area contributed by atoms with Gasteiger partial charge in [0.05, 0.1) is 25.0 Å². The van der Waals surface area contributed by atoms with E-state index in [1.807, 2.05) is 11.0 Å². The number of aromatic nitrogens is 1. The van der Waals surface area contributed by atoms with Gasteiger partial charge >= 0.3 is 0 Å². The minimum absolute atomic E-state index is 0.0872. The molecule has 0 saturated carbocycles. The molecule has 5 nitrogen and oxygen atoms in total. The van der Waals surface area contributed by atoms with E-state index in [1.165, 1.54) is 6.07 Å². The van der Waals surface area contributed by atoms with Crippen molar-refractivity contribution in [3.8, 4) is 5.88 Å². The van der Waals surface area contributed by atoms with Crippen LogP contribution in [0.2, 0.25) is 0 Å². The zero-order valence-corrected chi connectivity index (χ0v) is 13.5. The highest BCUT2D eigenvalue weighted by molar-refractivity contribution is 5.94. The van der Waals surface area contributed by atoms with Crippen LogP contribution in [-0.2, 0) is 11.3 Å². The highest BCUT2D eigenvalue weighted by Gasteiger charge is 2.31. The fraction of sp³-hybridized carbons (Fsp3) is 0.333. The van der Waals surface area contributed by atoms with E-state index in [-0.39, 0.29) is 17.8 Å². The topological polar surface area (TPSA) is 54.5 Å². The summed E-state index contributed by atoms with van der Waals surface area (Å²) < 4.78 is 18.8. The normalized spacial score (nSPS) is 17.7. The van der Waals surface area contributed by atoms with Crippen LogP contribution in [0.1, 0.15) is 18.4 Å². The molecule has 0 spiro atoms. The number of hydrogen-bond acceptors (Lipinski definition) is 4. The quantitative estimate of drug-likeness (QED) is 0.916. The molecular weight excluding hydrogens is 309 g/mol. The van der Waals surface area contributed by atoms with Gasteiger partial charge in [-0.15, -0.1) is 0 Å². The molecule has 1 amide bonds. The van der Waals surface area contributed by atoms with Gasteiger partial charge in [0.25, 0.3) is 0 Å². The van der Waals surface area contributed by atoms with E-state index >= 15 is 0 Å². The number of anilines is 1. The molecule has 6 heteroatoms. The van der Waals surface area contributed by atoms with Gasteiger partial charge in [0.2, 0.25) is 11.8 Å². The molecule has 1 unspecified atom stereocenters. The highest BCUT2D eigenvalue weighted by atomic mass is 19.1. The van der Waals surface area contributed by atoms with Gasteiger partial charge in [0, 0.05) is 18.2 Å². The molecule has 1 aromatic carbocycles. The number of methoxy groups -OCH3 is 1. The molecule has 0 aliphatic carbocycles. The number of carbonyl (C=O) groups is 1. The summed E-state index contributed by atoms with van der Waals surface area (Å²) in [6.07, 6.45) is 3.25. The van der Waals surface area contributed by atoms with Gasteiger partial charge in [-0.3, -0.25) is 9.69 Å². The molecule has 24 heavy (non-hydrogen) atoms. The molecule has 3 rings (SSSR count). The molecule has 1 aliphatic rings. The summed E-state index contributed by atoms with van der Waals surface area (Å²) in [7, 11) is 1.54. The standard InChI is InChI=1S/C18H20FN3O2/c1-24-17-9-8-14(11-20-17)21-18(23)16-7-4-10-22(16)12-13-5-2-3-6-15(13)19/h2-3,5-6,8-9,11,16H,4,7,10,12H2,1H3,(H,21,23). The van der Waals surface area contributed by atoms with Crippen LogP contribution >= 0.6 is 0 Å². The van der Waals surface area contributed by atoms with Crippen LogP contribution in [-0.4, -0.2) is 35.5 Å². The Morgan fingerprint density at radius 3 is 2.92 bits per heavy atom.